The lowest BCUT2D eigenvalue weighted by molar-refractivity contribution is 0.0526. The molecular formula is C23H21BrClNO3. The molecule has 0 atom stereocenters. The lowest BCUT2D eigenvalue weighted by atomic mass is 10.1. The minimum Gasteiger partial charge on any atom is -0.489 e. The van der Waals surface area contributed by atoms with Gasteiger partial charge in [0.15, 0.2) is 0 Å². The van der Waals surface area contributed by atoms with Crippen LogP contribution < -0.4 is 10.1 Å². The number of hydrogen-bond acceptors (Lipinski definition) is 4. The summed E-state index contributed by atoms with van der Waals surface area (Å²) in [5.41, 5.74) is 3.50. The molecule has 0 fully saturated rings. The van der Waals surface area contributed by atoms with E-state index in [0.29, 0.717) is 30.3 Å². The molecule has 3 aromatic rings. The van der Waals surface area contributed by atoms with Gasteiger partial charge in [-0.25, -0.2) is 4.79 Å². The smallest absolute Gasteiger partial charge is 0.338 e. The van der Waals surface area contributed by atoms with E-state index in [2.05, 4.69) is 21.2 Å². The van der Waals surface area contributed by atoms with Gasteiger partial charge in [0.05, 0.1) is 12.2 Å². The molecule has 0 aliphatic carbocycles. The van der Waals surface area contributed by atoms with Crippen molar-refractivity contribution in [3.8, 4) is 5.75 Å². The Kier molecular flexibility index (Phi) is 7.55. The zero-order valence-electron chi connectivity index (χ0n) is 16.0. The lowest BCUT2D eigenvalue weighted by Crippen LogP contribution is -2.06. The van der Waals surface area contributed by atoms with Crippen LogP contribution in [-0.4, -0.2) is 12.6 Å². The molecular weight excluding hydrogens is 454 g/mol. The normalized spacial score (nSPS) is 10.4. The van der Waals surface area contributed by atoms with Crippen LogP contribution in [-0.2, 0) is 17.9 Å². The Labute approximate surface area is 183 Å². The summed E-state index contributed by atoms with van der Waals surface area (Å²) in [5, 5.41) is 4.07. The number of ether oxygens (including phenoxy) is 2. The fourth-order valence-electron chi connectivity index (χ4n) is 2.70. The van der Waals surface area contributed by atoms with Gasteiger partial charge < -0.3 is 14.8 Å². The third kappa shape index (κ3) is 6.24. The highest BCUT2D eigenvalue weighted by molar-refractivity contribution is 9.10. The Morgan fingerprint density at radius 3 is 2.45 bits per heavy atom. The molecule has 6 heteroatoms. The standard InChI is InChI=1S/C23H21BrClNO3/c1-2-28-23(27)17-5-10-21(11-6-17)26-14-18-13-19(24)7-12-22(18)29-15-16-3-8-20(25)9-4-16/h3-13,26H,2,14-15H2,1H3. The lowest BCUT2D eigenvalue weighted by Gasteiger charge is -2.14. The fourth-order valence-corrected chi connectivity index (χ4v) is 3.24. The zero-order valence-corrected chi connectivity index (χ0v) is 18.3. The van der Waals surface area contributed by atoms with E-state index in [1.807, 2.05) is 54.6 Å². The van der Waals surface area contributed by atoms with Crippen molar-refractivity contribution in [3.05, 3.63) is 92.9 Å². The zero-order chi connectivity index (χ0) is 20.6. The number of esters is 1. The molecule has 0 saturated heterocycles. The van der Waals surface area contributed by atoms with Crippen molar-refractivity contribution >= 4 is 39.2 Å². The van der Waals surface area contributed by atoms with Gasteiger partial charge in [-0.05, 0) is 67.1 Å². The quantitative estimate of drug-likeness (QED) is 0.380. The van der Waals surface area contributed by atoms with Crippen LogP contribution in [0.3, 0.4) is 0 Å². The van der Waals surface area contributed by atoms with Crippen molar-refractivity contribution in [3.63, 3.8) is 0 Å². The van der Waals surface area contributed by atoms with Crippen LogP contribution in [0.1, 0.15) is 28.4 Å². The van der Waals surface area contributed by atoms with E-state index in [1.54, 1.807) is 19.1 Å². The summed E-state index contributed by atoms with van der Waals surface area (Å²) >= 11 is 9.45. The fraction of sp³-hybridized carbons (Fsp3) is 0.174. The molecule has 0 unspecified atom stereocenters. The number of carbonyl (C=O) groups excluding carboxylic acids is 1. The van der Waals surface area contributed by atoms with Crippen molar-refractivity contribution in [2.75, 3.05) is 11.9 Å². The van der Waals surface area contributed by atoms with Gasteiger partial charge in [0, 0.05) is 27.3 Å². The number of anilines is 1. The second-order valence-corrected chi connectivity index (χ2v) is 7.67. The minimum absolute atomic E-state index is 0.316. The summed E-state index contributed by atoms with van der Waals surface area (Å²) in [6.07, 6.45) is 0. The second-order valence-electron chi connectivity index (χ2n) is 6.32. The first-order valence-corrected chi connectivity index (χ1v) is 10.4. The number of hydrogen-bond donors (Lipinski definition) is 1. The van der Waals surface area contributed by atoms with E-state index >= 15 is 0 Å². The summed E-state index contributed by atoms with van der Waals surface area (Å²) in [5.74, 6) is 0.489. The van der Waals surface area contributed by atoms with Crippen LogP contribution in [0.25, 0.3) is 0 Å². The molecule has 0 amide bonds. The molecule has 1 N–H and O–H groups in total. The summed E-state index contributed by atoms with van der Waals surface area (Å²) in [6.45, 7) is 3.19. The molecule has 4 nitrogen and oxygen atoms in total. The van der Waals surface area contributed by atoms with Gasteiger partial charge in [0.2, 0.25) is 0 Å². The molecule has 0 spiro atoms. The van der Waals surface area contributed by atoms with Gasteiger partial charge in [0.25, 0.3) is 0 Å². The van der Waals surface area contributed by atoms with E-state index < -0.39 is 0 Å². The number of benzene rings is 3. The molecule has 0 aromatic heterocycles. The van der Waals surface area contributed by atoms with Gasteiger partial charge in [0.1, 0.15) is 12.4 Å². The van der Waals surface area contributed by atoms with E-state index in [9.17, 15) is 4.79 Å². The Balaban J connectivity index is 1.64. The first-order chi connectivity index (χ1) is 14.0. The van der Waals surface area contributed by atoms with Gasteiger partial charge >= 0.3 is 5.97 Å². The SMILES string of the molecule is CCOC(=O)c1ccc(NCc2cc(Br)ccc2OCc2ccc(Cl)cc2)cc1. The molecule has 29 heavy (non-hydrogen) atoms. The Morgan fingerprint density at radius 1 is 1.03 bits per heavy atom. The summed E-state index contributed by atoms with van der Waals surface area (Å²) in [4.78, 5) is 11.8. The number of halogens is 2. The third-order valence-electron chi connectivity index (χ3n) is 4.21. The molecule has 3 aromatic carbocycles. The van der Waals surface area contributed by atoms with E-state index in [-0.39, 0.29) is 5.97 Å². The van der Waals surface area contributed by atoms with Crippen LogP contribution >= 0.6 is 27.5 Å². The van der Waals surface area contributed by atoms with E-state index in [4.69, 9.17) is 21.1 Å². The molecule has 3 rings (SSSR count). The summed E-state index contributed by atoms with van der Waals surface area (Å²) in [7, 11) is 0. The molecule has 150 valence electrons. The van der Waals surface area contributed by atoms with Crippen LogP contribution in [0.5, 0.6) is 5.75 Å². The van der Waals surface area contributed by atoms with Gasteiger partial charge in [-0.1, -0.05) is 39.7 Å². The second kappa shape index (κ2) is 10.3. The molecule has 0 radical (unpaired) electrons. The Morgan fingerprint density at radius 2 is 1.76 bits per heavy atom. The first kappa shape index (κ1) is 21.2. The highest BCUT2D eigenvalue weighted by Crippen LogP contribution is 2.25. The Hall–Kier alpha value is -2.50. The van der Waals surface area contributed by atoms with Crippen LogP contribution in [0, 0.1) is 0 Å². The monoisotopic (exact) mass is 473 g/mol. The topological polar surface area (TPSA) is 47.6 Å². The molecule has 0 aliphatic heterocycles. The minimum atomic E-state index is -0.316. The predicted molar refractivity (Wildman–Crippen MR) is 120 cm³/mol. The number of carbonyl (C=O) groups is 1. The van der Waals surface area contributed by atoms with Gasteiger partial charge in [-0.15, -0.1) is 0 Å². The van der Waals surface area contributed by atoms with Crippen molar-refractivity contribution in [1.29, 1.82) is 0 Å². The maximum absolute atomic E-state index is 11.8. The largest absolute Gasteiger partial charge is 0.489 e. The van der Waals surface area contributed by atoms with Crippen LogP contribution in [0.4, 0.5) is 5.69 Å². The molecule has 0 saturated carbocycles. The van der Waals surface area contributed by atoms with Gasteiger partial charge in [-0.2, -0.15) is 0 Å². The van der Waals surface area contributed by atoms with E-state index in [0.717, 1.165) is 27.0 Å². The number of nitrogens with one attached hydrogen (secondary N) is 1. The van der Waals surface area contributed by atoms with Crippen molar-refractivity contribution in [1.82, 2.24) is 0 Å². The maximum Gasteiger partial charge on any atom is 0.338 e. The molecule has 0 heterocycles. The summed E-state index contributed by atoms with van der Waals surface area (Å²) < 4.78 is 12.0. The number of rotatable bonds is 8. The van der Waals surface area contributed by atoms with Crippen molar-refractivity contribution < 1.29 is 14.3 Å². The average molecular weight is 475 g/mol. The summed E-state index contributed by atoms with van der Waals surface area (Å²) in [6, 6.07) is 20.7. The average Bonchev–Trinajstić information content (AvgIpc) is 2.73. The third-order valence-corrected chi connectivity index (χ3v) is 4.95. The van der Waals surface area contributed by atoms with Crippen molar-refractivity contribution in [2.45, 2.75) is 20.1 Å². The highest BCUT2D eigenvalue weighted by atomic mass is 79.9. The highest BCUT2D eigenvalue weighted by Gasteiger charge is 2.08. The van der Waals surface area contributed by atoms with E-state index in [1.165, 1.54) is 0 Å². The first-order valence-electron chi connectivity index (χ1n) is 9.22. The van der Waals surface area contributed by atoms with Crippen LogP contribution in [0.15, 0.2) is 71.2 Å². The van der Waals surface area contributed by atoms with Crippen molar-refractivity contribution in [2.24, 2.45) is 0 Å². The Bertz CT molecular complexity index is 959. The van der Waals surface area contributed by atoms with Crippen LogP contribution in [0.2, 0.25) is 5.02 Å². The molecule has 0 bridgehead atoms. The predicted octanol–water partition coefficient (Wildman–Crippen LogP) is 6.47. The maximum atomic E-state index is 11.8. The molecule has 0 aliphatic rings. The van der Waals surface area contributed by atoms with Gasteiger partial charge in [-0.3, -0.25) is 0 Å².